The third-order valence-corrected chi connectivity index (χ3v) is 10.0. The maximum absolute atomic E-state index is 15.1. The lowest BCUT2D eigenvalue weighted by Crippen LogP contribution is -2.64. The number of nitrogens with zero attached hydrogens (tertiary/aromatic N) is 5. The van der Waals surface area contributed by atoms with E-state index < -0.39 is 17.6 Å². The predicted octanol–water partition coefficient (Wildman–Crippen LogP) is 5.04. The minimum absolute atomic E-state index is 0.0600. The number of nitriles is 1. The van der Waals surface area contributed by atoms with Gasteiger partial charge < -0.3 is 33.5 Å². The molecule has 1 aliphatic carbocycles. The Kier molecular flexibility index (Phi) is 7.00. The number of carbonyl (C=O) groups is 1. The minimum atomic E-state index is -1.37. The second-order valence-electron chi connectivity index (χ2n) is 12.7. The average molecular weight is 640 g/mol. The van der Waals surface area contributed by atoms with Crippen molar-refractivity contribution in [3.8, 4) is 23.3 Å². The van der Waals surface area contributed by atoms with E-state index in [9.17, 15) is 15.2 Å². The molecule has 12 heteroatoms. The van der Waals surface area contributed by atoms with Gasteiger partial charge >= 0.3 is 5.97 Å². The molecule has 2 saturated heterocycles. The molecule has 242 valence electrons. The number of ether oxygens (including phenoxy) is 4. The van der Waals surface area contributed by atoms with Crippen LogP contribution in [0.1, 0.15) is 53.5 Å². The van der Waals surface area contributed by atoms with E-state index in [1.807, 2.05) is 24.3 Å². The number of carboxylic acids is 1. The van der Waals surface area contributed by atoms with Crippen LogP contribution in [0, 0.1) is 17.1 Å². The Morgan fingerprint density at radius 3 is 2.66 bits per heavy atom. The van der Waals surface area contributed by atoms with Crippen molar-refractivity contribution >= 4 is 22.7 Å². The van der Waals surface area contributed by atoms with Crippen molar-refractivity contribution in [1.82, 2.24) is 14.5 Å². The molecule has 0 amide bonds. The molecule has 1 aromatic heterocycles. The number of aromatic nitrogens is 2. The maximum atomic E-state index is 15.1. The minimum Gasteiger partial charge on any atom is -0.494 e. The molecule has 1 N–H and O–H groups in total. The van der Waals surface area contributed by atoms with Gasteiger partial charge in [-0.1, -0.05) is 6.07 Å². The molecule has 0 unspecified atom stereocenters. The Hall–Kier alpha value is -4.86. The number of hydrogen-bond acceptors (Lipinski definition) is 9. The zero-order valence-electron chi connectivity index (χ0n) is 26.1. The third-order valence-electron chi connectivity index (χ3n) is 10.0. The van der Waals surface area contributed by atoms with Gasteiger partial charge in [0.2, 0.25) is 0 Å². The first kappa shape index (κ1) is 29.5. The Morgan fingerprint density at radius 1 is 1.15 bits per heavy atom. The van der Waals surface area contributed by atoms with E-state index in [4.69, 9.17) is 23.9 Å². The molecule has 3 aliphatic heterocycles. The van der Waals surface area contributed by atoms with Crippen LogP contribution in [-0.4, -0.2) is 70.5 Å². The zero-order chi connectivity index (χ0) is 32.4. The number of imidazole rings is 1. The second kappa shape index (κ2) is 11.1. The lowest BCUT2D eigenvalue weighted by Gasteiger charge is -2.54. The molecule has 0 bridgehead atoms. The predicted molar refractivity (Wildman–Crippen MR) is 168 cm³/mol. The molecule has 3 fully saturated rings. The Bertz CT molecular complexity index is 1950. The number of piperazine rings is 1. The molecule has 3 aromatic carbocycles. The fourth-order valence-corrected chi connectivity index (χ4v) is 7.38. The van der Waals surface area contributed by atoms with Crippen molar-refractivity contribution in [3.63, 3.8) is 0 Å². The van der Waals surface area contributed by atoms with Crippen LogP contribution in [0.2, 0.25) is 0 Å². The molecular formula is C35H34FN5O6. The van der Waals surface area contributed by atoms with Crippen molar-refractivity contribution in [2.24, 2.45) is 0 Å². The largest absolute Gasteiger partial charge is 0.494 e. The summed E-state index contributed by atoms with van der Waals surface area (Å²) in [4.78, 5) is 21.8. The van der Waals surface area contributed by atoms with Crippen LogP contribution in [0.5, 0.6) is 17.2 Å². The van der Waals surface area contributed by atoms with E-state index >= 15 is 4.39 Å². The van der Waals surface area contributed by atoms with Gasteiger partial charge in [-0.25, -0.2) is 14.2 Å². The van der Waals surface area contributed by atoms with Crippen LogP contribution in [0.25, 0.3) is 11.0 Å². The van der Waals surface area contributed by atoms with Gasteiger partial charge in [0.25, 0.3) is 5.79 Å². The van der Waals surface area contributed by atoms with Gasteiger partial charge in [0.1, 0.15) is 22.9 Å². The van der Waals surface area contributed by atoms with E-state index in [0.29, 0.717) is 35.9 Å². The molecular weight excluding hydrogens is 605 g/mol. The molecule has 4 heterocycles. The number of benzene rings is 3. The summed E-state index contributed by atoms with van der Waals surface area (Å²) < 4.78 is 41.2. The highest BCUT2D eigenvalue weighted by Gasteiger charge is 2.47. The summed E-state index contributed by atoms with van der Waals surface area (Å²) in [6, 6.07) is 15.8. The number of aromatic carboxylic acids is 1. The number of carboxylic acid groups (broad SMARTS) is 1. The van der Waals surface area contributed by atoms with Gasteiger partial charge in [-0.3, -0.25) is 4.90 Å². The Balaban J connectivity index is 1.06. The summed E-state index contributed by atoms with van der Waals surface area (Å²) in [5.74, 6) is -0.517. The number of methoxy groups -OCH3 is 1. The smallest absolute Gasteiger partial charge is 0.335 e. The number of halogens is 1. The van der Waals surface area contributed by atoms with Crippen LogP contribution in [0.3, 0.4) is 0 Å². The van der Waals surface area contributed by atoms with Gasteiger partial charge in [0.15, 0.2) is 11.5 Å². The fourth-order valence-electron chi connectivity index (χ4n) is 7.38. The molecule has 4 aliphatic rings. The van der Waals surface area contributed by atoms with Crippen LogP contribution in [-0.2, 0) is 23.6 Å². The molecule has 47 heavy (non-hydrogen) atoms. The molecule has 0 spiro atoms. The fraction of sp³-hybridized carbons (Fsp3) is 0.400. The Morgan fingerprint density at radius 2 is 1.98 bits per heavy atom. The van der Waals surface area contributed by atoms with E-state index in [0.717, 1.165) is 56.0 Å². The highest BCUT2D eigenvalue weighted by Crippen LogP contribution is 2.51. The second-order valence-corrected chi connectivity index (χ2v) is 12.7. The van der Waals surface area contributed by atoms with Crippen molar-refractivity contribution in [3.05, 3.63) is 76.9 Å². The summed E-state index contributed by atoms with van der Waals surface area (Å²) >= 11 is 0. The van der Waals surface area contributed by atoms with Crippen LogP contribution < -0.4 is 19.1 Å². The van der Waals surface area contributed by atoms with E-state index in [2.05, 4.69) is 14.4 Å². The molecule has 0 radical (unpaired) electrons. The molecule has 4 aromatic rings. The molecule has 8 rings (SSSR count). The standard InChI is InChI=1S/C35H34FN5O6/c1-35(23-7-6-20(17-37)14-24(23)36)46-29-5-3-4-27(33(29)47-35)40-12-11-39(25-8-9-26(25)40)19-31-38-32-28(41(31)18-22-10-13-45-22)15-21(34(42)43)16-30(32)44-2/h3-7,14-16,22,25-26H,8-13,18-19H2,1-2H3,(H,42,43)/t22-,25+,26-,35-/m0/s1. The van der Waals surface area contributed by atoms with Gasteiger partial charge in [-0.05, 0) is 61.7 Å². The van der Waals surface area contributed by atoms with E-state index in [1.54, 1.807) is 25.1 Å². The lowest BCUT2D eigenvalue weighted by atomic mass is 9.81. The summed E-state index contributed by atoms with van der Waals surface area (Å²) in [7, 11) is 1.53. The molecule has 11 nitrogen and oxygen atoms in total. The normalized spacial score (nSPS) is 24.7. The van der Waals surface area contributed by atoms with Gasteiger partial charge in [0.05, 0.1) is 60.3 Å². The summed E-state index contributed by atoms with van der Waals surface area (Å²) in [6.07, 6.45) is 3.04. The van der Waals surface area contributed by atoms with Crippen molar-refractivity contribution in [2.75, 3.05) is 31.7 Å². The van der Waals surface area contributed by atoms with Gasteiger partial charge in [-0.15, -0.1) is 0 Å². The average Bonchev–Trinajstić information content (AvgIpc) is 3.55. The number of para-hydroxylation sites is 1. The number of rotatable bonds is 8. The number of anilines is 1. The monoisotopic (exact) mass is 639 g/mol. The lowest BCUT2D eigenvalue weighted by molar-refractivity contribution is -0.0706. The Labute approximate surface area is 270 Å². The summed E-state index contributed by atoms with van der Waals surface area (Å²) in [5.41, 5.74) is 2.91. The van der Waals surface area contributed by atoms with E-state index in [1.165, 1.54) is 19.2 Å². The van der Waals surface area contributed by atoms with Crippen molar-refractivity contribution in [1.29, 1.82) is 5.26 Å². The summed E-state index contributed by atoms with van der Waals surface area (Å²) in [5, 5.41) is 18.9. The van der Waals surface area contributed by atoms with Crippen LogP contribution in [0.15, 0.2) is 48.5 Å². The molecule has 4 atom stereocenters. The van der Waals surface area contributed by atoms with Gasteiger partial charge in [-0.2, -0.15) is 5.26 Å². The topological polar surface area (TPSA) is 122 Å². The first-order valence-electron chi connectivity index (χ1n) is 15.9. The zero-order valence-corrected chi connectivity index (χ0v) is 26.1. The third kappa shape index (κ3) is 4.84. The summed E-state index contributed by atoms with van der Waals surface area (Å²) in [6.45, 7) is 5.12. The van der Waals surface area contributed by atoms with E-state index in [-0.39, 0.29) is 34.9 Å². The SMILES string of the molecule is COc1cc(C(=O)O)cc2c1nc(CN1CCN(c3cccc4c3O[C@@](C)(c3ccc(C#N)cc3F)O4)[C@H]3CC[C@H]31)n2C[C@@H]1CCO1. The number of fused-ring (bicyclic) bond motifs is 3. The quantitative estimate of drug-likeness (QED) is 0.281. The maximum Gasteiger partial charge on any atom is 0.335 e. The highest BCUT2D eigenvalue weighted by molar-refractivity contribution is 5.95. The first-order valence-corrected chi connectivity index (χ1v) is 15.9. The van der Waals surface area contributed by atoms with Crippen LogP contribution in [0.4, 0.5) is 10.1 Å². The van der Waals surface area contributed by atoms with Gasteiger partial charge in [0, 0.05) is 38.7 Å². The highest BCUT2D eigenvalue weighted by atomic mass is 19.1. The van der Waals surface area contributed by atoms with Crippen molar-refractivity contribution in [2.45, 2.75) is 63.3 Å². The first-order chi connectivity index (χ1) is 22.8. The van der Waals surface area contributed by atoms with Crippen LogP contribution >= 0.6 is 0 Å². The van der Waals surface area contributed by atoms with Crippen molar-refractivity contribution < 1.29 is 33.2 Å². The molecule has 1 saturated carbocycles. The number of hydrogen-bond donors (Lipinski definition) is 1.